The number of ether oxygens (including phenoxy) is 1. The van der Waals surface area contributed by atoms with Gasteiger partial charge in [-0.25, -0.2) is 4.79 Å². The predicted octanol–water partition coefficient (Wildman–Crippen LogP) is 3.94. The molecule has 0 saturated carbocycles. The van der Waals surface area contributed by atoms with Gasteiger partial charge in [0, 0.05) is 24.1 Å². The fourth-order valence-electron chi connectivity index (χ4n) is 3.62. The second-order valence-electron chi connectivity index (χ2n) is 6.72. The van der Waals surface area contributed by atoms with Gasteiger partial charge >= 0.3 is 5.97 Å². The highest BCUT2D eigenvalue weighted by atomic mass is 32.2. The van der Waals surface area contributed by atoms with Gasteiger partial charge in [0.05, 0.1) is 23.9 Å². The van der Waals surface area contributed by atoms with E-state index in [0.29, 0.717) is 11.3 Å². The lowest BCUT2D eigenvalue weighted by atomic mass is 10.0. The van der Waals surface area contributed by atoms with Gasteiger partial charge in [0.25, 0.3) is 0 Å². The van der Waals surface area contributed by atoms with E-state index < -0.39 is 0 Å². The average Bonchev–Trinajstić information content (AvgIpc) is 2.92. The average molecular weight is 382 g/mol. The first-order valence-electron chi connectivity index (χ1n) is 9.20. The fourth-order valence-corrected chi connectivity index (χ4v) is 4.54. The Bertz CT molecular complexity index is 999. The molecule has 0 spiro atoms. The number of carbonyl (C=O) groups excluding carboxylic acids is 1. The van der Waals surface area contributed by atoms with Crippen LogP contribution < -0.4 is 0 Å². The number of thioether (sulfide) groups is 1. The Hall–Kier alpha value is -2.41. The standard InChI is InChI=1S/C20H22N4O2S/c1-13-14-8-5-6-9-15(14)21-16(18(13)19(25)26-2)12-27-20-23-22-17-10-4-3-7-11-24(17)20/h5-6,8-9H,3-4,7,10-12H2,1-2H3. The van der Waals surface area contributed by atoms with Crippen molar-refractivity contribution in [2.24, 2.45) is 0 Å². The maximum absolute atomic E-state index is 12.4. The van der Waals surface area contributed by atoms with Crippen LogP contribution in [0.2, 0.25) is 0 Å². The zero-order valence-electron chi connectivity index (χ0n) is 15.6. The van der Waals surface area contributed by atoms with Crippen molar-refractivity contribution in [2.45, 2.75) is 50.1 Å². The number of methoxy groups -OCH3 is 1. The highest BCUT2D eigenvalue weighted by Crippen LogP contribution is 2.29. The van der Waals surface area contributed by atoms with E-state index in [2.05, 4.69) is 14.8 Å². The topological polar surface area (TPSA) is 69.9 Å². The first-order chi connectivity index (χ1) is 13.2. The van der Waals surface area contributed by atoms with Gasteiger partial charge in [-0.2, -0.15) is 0 Å². The second-order valence-corrected chi connectivity index (χ2v) is 7.66. The SMILES string of the molecule is COC(=O)c1c(CSc2nnc3n2CCCCC3)nc2ccccc2c1C. The second kappa shape index (κ2) is 7.68. The van der Waals surface area contributed by atoms with Crippen LogP contribution in [0.25, 0.3) is 10.9 Å². The Balaban J connectivity index is 1.69. The molecule has 1 aliphatic heterocycles. The third-order valence-electron chi connectivity index (χ3n) is 5.03. The molecule has 2 aromatic heterocycles. The molecule has 140 valence electrons. The third-order valence-corrected chi connectivity index (χ3v) is 6.01. The number of fused-ring (bicyclic) bond motifs is 2. The number of aromatic nitrogens is 4. The molecule has 7 heteroatoms. The van der Waals surface area contributed by atoms with Crippen molar-refractivity contribution < 1.29 is 9.53 Å². The van der Waals surface area contributed by atoms with E-state index in [-0.39, 0.29) is 5.97 Å². The van der Waals surface area contributed by atoms with Crippen LogP contribution in [0.5, 0.6) is 0 Å². The molecule has 0 bridgehead atoms. The lowest BCUT2D eigenvalue weighted by molar-refractivity contribution is 0.0598. The van der Waals surface area contributed by atoms with Gasteiger partial charge in [0.15, 0.2) is 5.16 Å². The molecule has 0 saturated heterocycles. The number of hydrogen-bond donors (Lipinski definition) is 0. The third kappa shape index (κ3) is 3.43. The number of benzene rings is 1. The molecule has 3 heterocycles. The lowest BCUT2D eigenvalue weighted by Gasteiger charge is -2.13. The minimum absolute atomic E-state index is 0.346. The molecule has 6 nitrogen and oxygen atoms in total. The number of hydrogen-bond acceptors (Lipinski definition) is 6. The summed E-state index contributed by atoms with van der Waals surface area (Å²) in [6.07, 6.45) is 4.53. The Labute approximate surface area is 162 Å². The van der Waals surface area contributed by atoms with Crippen molar-refractivity contribution in [1.29, 1.82) is 0 Å². The van der Waals surface area contributed by atoms with E-state index in [1.807, 2.05) is 31.2 Å². The molecule has 3 aromatic rings. The number of rotatable bonds is 4. The summed E-state index contributed by atoms with van der Waals surface area (Å²) in [4.78, 5) is 17.2. The summed E-state index contributed by atoms with van der Waals surface area (Å²) in [6, 6.07) is 7.87. The van der Waals surface area contributed by atoms with Crippen LogP contribution >= 0.6 is 11.8 Å². The molecular formula is C20H22N4O2S. The van der Waals surface area contributed by atoms with Gasteiger partial charge in [0.2, 0.25) is 0 Å². The largest absolute Gasteiger partial charge is 0.465 e. The molecule has 0 atom stereocenters. The van der Waals surface area contributed by atoms with Crippen molar-refractivity contribution in [3.8, 4) is 0 Å². The first kappa shape index (κ1) is 18.0. The zero-order chi connectivity index (χ0) is 18.8. The van der Waals surface area contributed by atoms with E-state index >= 15 is 0 Å². The molecule has 0 radical (unpaired) electrons. The number of pyridine rings is 1. The fraction of sp³-hybridized carbons (Fsp3) is 0.400. The molecule has 1 aliphatic rings. The Morgan fingerprint density at radius 2 is 2.07 bits per heavy atom. The van der Waals surface area contributed by atoms with Crippen molar-refractivity contribution in [3.63, 3.8) is 0 Å². The smallest absolute Gasteiger partial charge is 0.340 e. The minimum atomic E-state index is -0.346. The predicted molar refractivity (Wildman–Crippen MR) is 105 cm³/mol. The molecule has 0 amide bonds. The summed E-state index contributed by atoms with van der Waals surface area (Å²) in [6.45, 7) is 2.91. The van der Waals surface area contributed by atoms with Crippen LogP contribution in [0.4, 0.5) is 0 Å². The quantitative estimate of drug-likeness (QED) is 0.503. The van der Waals surface area contributed by atoms with E-state index in [4.69, 9.17) is 9.72 Å². The normalized spacial score (nSPS) is 14.0. The molecule has 0 aliphatic carbocycles. The number of esters is 1. The summed E-state index contributed by atoms with van der Waals surface area (Å²) in [5.74, 6) is 1.26. The van der Waals surface area contributed by atoms with Crippen molar-refractivity contribution in [3.05, 3.63) is 46.9 Å². The number of aryl methyl sites for hydroxylation is 2. The van der Waals surface area contributed by atoms with Crippen molar-refractivity contribution in [1.82, 2.24) is 19.7 Å². The van der Waals surface area contributed by atoms with Crippen LogP contribution in [0, 0.1) is 6.92 Å². The first-order valence-corrected chi connectivity index (χ1v) is 10.2. The van der Waals surface area contributed by atoms with Gasteiger partial charge in [-0.15, -0.1) is 10.2 Å². The van der Waals surface area contributed by atoms with Crippen molar-refractivity contribution >= 4 is 28.6 Å². The summed E-state index contributed by atoms with van der Waals surface area (Å²) in [5, 5.41) is 10.6. The molecule has 27 heavy (non-hydrogen) atoms. The van der Waals surface area contributed by atoms with Crippen LogP contribution in [0.15, 0.2) is 29.4 Å². The molecule has 4 rings (SSSR count). The Kier molecular flexibility index (Phi) is 5.11. The van der Waals surface area contributed by atoms with Crippen LogP contribution in [-0.4, -0.2) is 32.8 Å². The lowest BCUT2D eigenvalue weighted by Crippen LogP contribution is -2.11. The monoisotopic (exact) mass is 382 g/mol. The molecule has 0 fully saturated rings. The van der Waals surface area contributed by atoms with Gasteiger partial charge in [-0.3, -0.25) is 4.98 Å². The van der Waals surface area contributed by atoms with Gasteiger partial charge in [-0.1, -0.05) is 36.4 Å². The maximum atomic E-state index is 12.4. The van der Waals surface area contributed by atoms with Crippen LogP contribution in [0.1, 0.15) is 46.7 Å². The van der Waals surface area contributed by atoms with Crippen molar-refractivity contribution in [2.75, 3.05) is 7.11 Å². The van der Waals surface area contributed by atoms with E-state index in [9.17, 15) is 4.79 Å². The molecule has 0 N–H and O–H groups in total. The van der Waals surface area contributed by atoms with Gasteiger partial charge in [0.1, 0.15) is 5.82 Å². The molecule has 1 aromatic carbocycles. The number of nitrogens with zero attached hydrogens (tertiary/aromatic N) is 4. The molecule has 0 unspecified atom stereocenters. The van der Waals surface area contributed by atoms with E-state index in [0.717, 1.165) is 52.5 Å². The van der Waals surface area contributed by atoms with Gasteiger partial charge in [-0.05, 0) is 31.4 Å². The number of carbonyl (C=O) groups is 1. The summed E-state index contributed by atoms with van der Waals surface area (Å²) >= 11 is 1.58. The Morgan fingerprint density at radius 1 is 1.22 bits per heavy atom. The minimum Gasteiger partial charge on any atom is -0.465 e. The van der Waals surface area contributed by atoms with Crippen LogP contribution in [0.3, 0.4) is 0 Å². The highest BCUT2D eigenvalue weighted by molar-refractivity contribution is 7.98. The Morgan fingerprint density at radius 3 is 2.93 bits per heavy atom. The van der Waals surface area contributed by atoms with Crippen LogP contribution in [-0.2, 0) is 23.5 Å². The summed E-state index contributed by atoms with van der Waals surface area (Å²) < 4.78 is 7.24. The maximum Gasteiger partial charge on any atom is 0.340 e. The summed E-state index contributed by atoms with van der Waals surface area (Å²) in [7, 11) is 1.41. The van der Waals surface area contributed by atoms with E-state index in [1.54, 1.807) is 11.8 Å². The highest BCUT2D eigenvalue weighted by Gasteiger charge is 2.21. The zero-order valence-corrected chi connectivity index (χ0v) is 16.4. The van der Waals surface area contributed by atoms with E-state index in [1.165, 1.54) is 20.0 Å². The summed E-state index contributed by atoms with van der Waals surface area (Å²) in [5.41, 5.74) is 3.08. The van der Waals surface area contributed by atoms with Gasteiger partial charge < -0.3 is 9.30 Å². The molecular weight excluding hydrogens is 360 g/mol. The number of para-hydroxylation sites is 1.